The Morgan fingerprint density at radius 3 is 2.39 bits per heavy atom. The van der Waals surface area contributed by atoms with Gasteiger partial charge in [0.15, 0.2) is 0 Å². The van der Waals surface area contributed by atoms with Gasteiger partial charge in [0.1, 0.15) is 0 Å². The zero-order chi connectivity index (χ0) is 13.8. The molecule has 0 aliphatic carbocycles. The molecule has 0 fully saturated rings. The van der Waals surface area contributed by atoms with E-state index >= 15 is 0 Å². The molecule has 0 bridgehead atoms. The van der Waals surface area contributed by atoms with Crippen LogP contribution in [0.1, 0.15) is 37.4 Å². The normalized spacial score (nSPS) is 15.4. The van der Waals surface area contributed by atoms with Crippen LogP contribution in [0.15, 0.2) is 24.3 Å². The lowest BCUT2D eigenvalue weighted by molar-refractivity contribution is -0.138. The molecule has 1 aromatic carbocycles. The van der Waals surface area contributed by atoms with Gasteiger partial charge in [-0.1, -0.05) is 25.1 Å². The van der Waals surface area contributed by atoms with Crippen molar-refractivity contribution in [2.75, 3.05) is 6.54 Å². The van der Waals surface area contributed by atoms with Crippen LogP contribution in [0, 0.1) is 0 Å². The molecule has 2 unspecified atom stereocenters. The Morgan fingerprint density at radius 2 is 1.89 bits per heavy atom. The van der Waals surface area contributed by atoms with Crippen LogP contribution < -0.4 is 11.1 Å². The molecule has 0 aliphatic heterocycles. The van der Waals surface area contributed by atoms with Crippen LogP contribution in [0.5, 0.6) is 0 Å². The van der Waals surface area contributed by atoms with Crippen LogP contribution in [0.25, 0.3) is 0 Å². The topological polar surface area (TPSA) is 38.0 Å². The molecule has 0 saturated carbocycles. The van der Waals surface area contributed by atoms with E-state index in [-0.39, 0.29) is 18.2 Å². The van der Waals surface area contributed by atoms with E-state index in [1.54, 1.807) is 6.07 Å². The lowest BCUT2D eigenvalue weighted by atomic mass is 9.99. The minimum Gasteiger partial charge on any atom is -0.329 e. The number of nitrogens with one attached hydrogen (secondary N) is 1. The number of rotatable bonds is 5. The van der Waals surface area contributed by atoms with E-state index in [1.165, 1.54) is 12.1 Å². The van der Waals surface area contributed by atoms with Gasteiger partial charge >= 0.3 is 6.18 Å². The fourth-order valence-electron chi connectivity index (χ4n) is 1.81. The van der Waals surface area contributed by atoms with Gasteiger partial charge in [0.25, 0.3) is 0 Å². The first-order chi connectivity index (χ1) is 8.40. The van der Waals surface area contributed by atoms with Gasteiger partial charge in [-0.3, -0.25) is 0 Å². The molecule has 5 heteroatoms. The van der Waals surface area contributed by atoms with Gasteiger partial charge in [0.2, 0.25) is 0 Å². The summed E-state index contributed by atoms with van der Waals surface area (Å²) in [5.74, 6) is 0. The van der Waals surface area contributed by atoms with Gasteiger partial charge in [-0.05, 0) is 25.0 Å². The third-order valence-corrected chi connectivity index (χ3v) is 2.98. The van der Waals surface area contributed by atoms with Crippen LogP contribution in [-0.4, -0.2) is 12.6 Å². The molecule has 1 rings (SSSR count). The summed E-state index contributed by atoms with van der Waals surface area (Å²) in [7, 11) is 0. The SMILES string of the molecule is CCC(C)NC(CN)c1ccccc1C(F)(F)F. The molecule has 0 heterocycles. The number of benzene rings is 1. The monoisotopic (exact) mass is 260 g/mol. The van der Waals surface area contributed by atoms with Crippen LogP contribution in [-0.2, 0) is 6.18 Å². The van der Waals surface area contributed by atoms with Crippen molar-refractivity contribution in [3.8, 4) is 0 Å². The summed E-state index contributed by atoms with van der Waals surface area (Å²) in [4.78, 5) is 0. The maximum Gasteiger partial charge on any atom is 0.416 e. The molecule has 0 aliphatic rings. The van der Waals surface area contributed by atoms with Crippen molar-refractivity contribution in [1.29, 1.82) is 0 Å². The highest BCUT2D eigenvalue weighted by Crippen LogP contribution is 2.34. The second-order valence-corrected chi connectivity index (χ2v) is 4.35. The van der Waals surface area contributed by atoms with Crippen molar-refractivity contribution in [2.45, 2.75) is 38.5 Å². The fourth-order valence-corrected chi connectivity index (χ4v) is 1.81. The quantitative estimate of drug-likeness (QED) is 0.853. The number of hydrogen-bond donors (Lipinski definition) is 2. The highest BCUT2D eigenvalue weighted by Gasteiger charge is 2.34. The summed E-state index contributed by atoms with van der Waals surface area (Å²) in [5.41, 5.74) is 5.19. The van der Waals surface area contributed by atoms with Gasteiger partial charge in [-0.2, -0.15) is 13.2 Å². The standard InChI is InChI=1S/C13H19F3N2/c1-3-9(2)18-12(8-17)10-6-4-5-7-11(10)13(14,15)16/h4-7,9,12,18H,3,8,17H2,1-2H3. The van der Waals surface area contributed by atoms with E-state index in [9.17, 15) is 13.2 Å². The maximum atomic E-state index is 12.9. The van der Waals surface area contributed by atoms with Crippen molar-refractivity contribution in [2.24, 2.45) is 5.73 Å². The Hall–Kier alpha value is -1.07. The lowest BCUT2D eigenvalue weighted by Crippen LogP contribution is -2.35. The van der Waals surface area contributed by atoms with Crippen molar-refractivity contribution in [1.82, 2.24) is 5.32 Å². The van der Waals surface area contributed by atoms with Gasteiger partial charge in [-0.15, -0.1) is 0 Å². The molecule has 102 valence electrons. The third-order valence-electron chi connectivity index (χ3n) is 2.98. The Labute approximate surface area is 105 Å². The Bertz CT molecular complexity index is 377. The zero-order valence-electron chi connectivity index (χ0n) is 10.6. The summed E-state index contributed by atoms with van der Waals surface area (Å²) in [6, 6.07) is 5.22. The molecule has 3 N–H and O–H groups in total. The lowest BCUT2D eigenvalue weighted by Gasteiger charge is -2.24. The van der Waals surface area contributed by atoms with Crippen molar-refractivity contribution < 1.29 is 13.2 Å². The third kappa shape index (κ3) is 3.71. The molecule has 2 atom stereocenters. The molecule has 0 radical (unpaired) electrons. The molecule has 0 saturated heterocycles. The number of alkyl halides is 3. The summed E-state index contributed by atoms with van der Waals surface area (Å²) >= 11 is 0. The first-order valence-corrected chi connectivity index (χ1v) is 6.02. The van der Waals surface area contributed by atoms with Crippen LogP contribution in [0.3, 0.4) is 0 Å². The molecule has 2 nitrogen and oxygen atoms in total. The first-order valence-electron chi connectivity index (χ1n) is 6.02. The van der Waals surface area contributed by atoms with E-state index in [0.29, 0.717) is 0 Å². The highest BCUT2D eigenvalue weighted by atomic mass is 19.4. The summed E-state index contributed by atoms with van der Waals surface area (Å²) in [6.45, 7) is 4.04. The van der Waals surface area contributed by atoms with E-state index in [0.717, 1.165) is 12.5 Å². The number of nitrogens with two attached hydrogens (primary N) is 1. The smallest absolute Gasteiger partial charge is 0.329 e. The predicted molar refractivity (Wildman–Crippen MR) is 66.1 cm³/mol. The second-order valence-electron chi connectivity index (χ2n) is 4.35. The van der Waals surface area contributed by atoms with E-state index in [4.69, 9.17) is 5.73 Å². The van der Waals surface area contributed by atoms with Gasteiger partial charge in [0.05, 0.1) is 5.56 Å². The Balaban J connectivity index is 3.06. The highest BCUT2D eigenvalue weighted by molar-refractivity contribution is 5.32. The molecular formula is C13H19F3N2. The number of halogens is 3. The molecule has 18 heavy (non-hydrogen) atoms. The molecule has 0 aromatic heterocycles. The van der Waals surface area contributed by atoms with Gasteiger partial charge in [0, 0.05) is 18.6 Å². The number of hydrogen-bond acceptors (Lipinski definition) is 2. The van der Waals surface area contributed by atoms with E-state index in [1.807, 2.05) is 13.8 Å². The van der Waals surface area contributed by atoms with Crippen LogP contribution in [0.4, 0.5) is 13.2 Å². The Kier molecular flexibility index (Phi) is 5.16. The van der Waals surface area contributed by atoms with Gasteiger partial charge < -0.3 is 11.1 Å². The van der Waals surface area contributed by atoms with Gasteiger partial charge in [-0.25, -0.2) is 0 Å². The Morgan fingerprint density at radius 1 is 1.28 bits per heavy atom. The van der Waals surface area contributed by atoms with E-state index in [2.05, 4.69) is 5.32 Å². The van der Waals surface area contributed by atoms with Crippen molar-refractivity contribution in [3.63, 3.8) is 0 Å². The van der Waals surface area contributed by atoms with Crippen LogP contribution in [0.2, 0.25) is 0 Å². The zero-order valence-corrected chi connectivity index (χ0v) is 10.6. The summed E-state index contributed by atoms with van der Waals surface area (Å²) in [6.07, 6.45) is -3.51. The first kappa shape index (κ1) is 15.0. The molecular weight excluding hydrogens is 241 g/mol. The van der Waals surface area contributed by atoms with Crippen LogP contribution >= 0.6 is 0 Å². The minimum absolute atomic E-state index is 0.125. The minimum atomic E-state index is -4.35. The van der Waals surface area contributed by atoms with Crippen molar-refractivity contribution in [3.05, 3.63) is 35.4 Å². The predicted octanol–water partition coefficient (Wildman–Crippen LogP) is 3.09. The fraction of sp³-hybridized carbons (Fsp3) is 0.538. The largest absolute Gasteiger partial charge is 0.416 e. The summed E-state index contributed by atoms with van der Waals surface area (Å²) < 4.78 is 38.7. The maximum absolute atomic E-state index is 12.9. The molecule has 0 spiro atoms. The summed E-state index contributed by atoms with van der Waals surface area (Å²) in [5, 5.41) is 3.12. The average Bonchev–Trinajstić information content (AvgIpc) is 2.34. The van der Waals surface area contributed by atoms with Crippen molar-refractivity contribution >= 4 is 0 Å². The second kappa shape index (κ2) is 6.20. The molecule has 0 amide bonds. The average molecular weight is 260 g/mol. The molecule has 1 aromatic rings. The van der Waals surface area contributed by atoms with E-state index < -0.39 is 17.8 Å².